The highest BCUT2D eigenvalue weighted by atomic mass is 35.5. The molecule has 0 amide bonds. The van der Waals surface area contributed by atoms with E-state index in [2.05, 4.69) is 9.98 Å². The van der Waals surface area contributed by atoms with E-state index in [1.807, 2.05) is 62.4 Å². The lowest BCUT2D eigenvalue weighted by molar-refractivity contribution is 1.15. The van der Waals surface area contributed by atoms with Gasteiger partial charge in [0.05, 0.1) is 11.4 Å². The van der Waals surface area contributed by atoms with Gasteiger partial charge in [0.2, 0.25) is 0 Å². The van der Waals surface area contributed by atoms with Crippen molar-refractivity contribution in [3.05, 3.63) is 76.4 Å². The Labute approximate surface area is 152 Å². The van der Waals surface area contributed by atoms with Crippen molar-refractivity contribution in [3.63, 3.8) is 0 Å². The number of aryl methyl sites for hydroxylation is 1. The third kappa shape index (κ3) is 3.49. The van der Waals surface area contributed by atoms with Gasteiger partial charge in [-0.1, -0.05) is 41.9 Å². The minimum Gasteiger partial charge on any atom is -0.398 e. The molecule has 1 aromatic heterocycles. The van der Waals surface area contributed by atoms with Gasteiger partial charge < -0.3 is 11.5 Å². The van der Waals surface area contributed by atoms with E-state index < -0.39 is 0 Å². The number of aromatic nitrogens is 1. The average molecular weight is 351 g/mol. The molecule has 25 heavy (non-hydrogen) atoms. The molecule has 3 aromatic rings. The molecule has 0 saturated heterocycles. The van der Waals surface area contributed by atoms with Gasteiger partial charge in [-0.05, 0) is 43.7 Å². The van der Waals surface area contributed by atoms with E-state index in [-0.39, 0.29) is 0 Å². The number of amidine groups is 1. The van der Waals surface area contributed by atoms with Gasteiger partial charge in [0, 0.05) is 27.5 Å². The Morgan fingerprint density at radius 1 is 1.04 bits per heavy atom. The Bertz CT molecular complexity index is 964. The highest BCUT2D eigenvalue weighted by Crippen LogP contribution is 2.31. The molecule has 0 radical (unpaired) electrons. The highest BCUT2D eigenvalue weighted by Gasteiger charge is 2.11. The Hall–Kier alpha value is -2.85. The topological polar surface area (TPSA) is 77.3 Å². The van der Waals surface area contributed by atoms with Crippen molar-refractivity contribution in [2.45, 2.75) is 13.8 Å². The van der Waals surface area contributed by atoms with Crippen molar-refractivity contribution < 1.29 is 0 Å². The molecule has 0 aliphatic heterocycles. The van der Waals surface area contributed by atoms with Crippen LogP contribution in [-0.4, -0.2) is 10.8 Å². The van der Waals surface area contributed by atoms with Crippen LogP contribution in [0.3, 0.4) is 0 Å². The lowest BCUT2D eigenvalue weighted by Crippen LogP contribution is -2.15. The molecule has 0 unspecified atom stereocenters. The number of para-hydroxylation sites is 1. The molecule has 0 saturated carbocycles. The van der Waals surface area contributed by atoms with Crippen LogP contribution in [-0.2, 0) is 0 Å². The van der Waals surface area contributed by atoms with Gasteiger partial charge >= 0.3 is 0 Å². The van der Waals surface area contributed by atoms with Crippen molar-refractivity contribution in [1.29, 1.82) is 0 Å². The van der Waals surface area contributed by atoms with Gasteiger partial charge in [-0.25, -0.2) is 4.99 Å². The number of benzene rings is 2. The maximum absolute atomic E-state index is 6.31. The zero-order chi connectivity index (χ0) is 18.0. The molecular weight excluding hydrogens is 332 g/mol. The Morgan fingerprint density at radius 2 is 1.72 bits per heavy atom. The van der Waals surface area contributed by atoms with E-state index in [0.29, 0.717) is 16.5 Å². The third-order valence-electron chi connectivity index (χ3n) is 4.12. The molecule has 0 bridgehead atoms. The second-order valence-corrected chi connectivity index (χ2v) is 6.21. The van der Waals surface area contributed by atoms with Crippen LogP contribution >= 0.6 is 11.6 Å². The molecule has 1 heterocycles. The molecule has 126 valence electrons. The first-order chi connectivity index (χ1) is 12.0. The second-order valence-electron chi connectivity index (χ2n) is 5.80. The molecular formula is C20H19ClN4. The number of nitrogens with two attached hydrogens (primary N) is 2. The zero-order valence-corrected chi connectivity index (χ0v) is 14.9. The summed E-state index contributed by atoms with van der Waals surface area (Å²) in [6.07, 6.45) is 0. The minimum absolute atomic E-state index is 0.372. The van der Waals surface area contributed by atoms with Crippen molar-refractivity contribution in [1.82, 2.24) is 4.98 Å². The zero-order valence-electron chi connectivity index (χ0n) is 14.1. The van der Waals surface area contributed by atoms with Crippen molar-refractivity contribution in [2.75, 3.05) is 5.73 Å². The molecule has 4 N–H and O–H groups in total. The lowest BCUT2D eigenvalue weighted by Gasteiger charge is -2.11. The number of aliphatic imine (C=N–C) groups is 1. The summed E-state index contributed by atoms with van der Waals surface area (Å²) >= 11 is 6.31. The van der Waals surface area contributed by atoms with E-state index in [4.69, 9.17) is 23.1 Å². The molecule has 5 heteroatoms. The number of hydrogen-bond acceptors (Lipinski definition) is 3. The summed E-state index contributed by atoms with van der Waals surface area (Å²) < 4.78 is 0. The van der Waals surface area contributed by atoms with Gasteiger partial charge in [0.1, 0.15) is 5.84 Å². The summed E-state index contributed by atoms with van der Waals surface area (Å²) in [5.74, 6) is 0.372. The molecule has 0 atom stereocenters. The second kappa shape index (κ2) is 6.95. The number of nitrogen functional groups attached to an aromatic ring is 1. The number of anilines is 1. The SMILES string of the molecule is Cc1nc(-c2ccccc2Cl)cc(N=C(N)c2ccccc2N)c1C. The van der Waals surface area contributed by atoms with Crippen molar-refractivity contribution in [3.8, 4) is 11.3 Å². The summed E-state index contributed by atoms with van der Waals surface area (Å²) in [5, 5.41) is 0.647. The molecule has 0 aliphatic carbocycles. The smallest absolute Gasteiger partial charge is 0.133 e. The minimum atomic E-state index is 0.372. The molecule has 0 spiro atoms. The number of hydrogen-bond donors (Lipinski definition) is 2. The van der Waals surface area contributed by atoms with E-state index in [9.17, 15) is 0 Å². The highest BCUT2D eigenvalue weighted by molar-refractivity contribution is 6.33. The normalized spacial score (nSPS) is 11.6. The predicted molar refractivity (Wildman–Crippen MR) is 105 cm³/mol. The number of rotatable bonds is 3. The lowest BCUT2D eigenvalue weighted by atomic mass is 10.1. The van der Waals surface area contributed by atoms with E-state index in [1.165, 1.54) is 0 Å². The summed E-state index contributed by atoms with van der Waals surface area (Å²) in [5.41, 5.74) is 17.7. The third-order valence-corrected chi connectivity index (χ3v) is 4.45. The summed E-state index contributed by atoms with van der Waals surface area (Å²) in [4.78, 5) is 9.24. The van der Waals surface area contributed by atoms with E-state index >= 15 is 0 Å². The van der Waals surface area contributed by atoms with Gasteiger partial charge in [-0.15, -0.1) is 0 Å². The van der Waals surface area contributed by atoms with Crippen LogP contribution in [0.1, 0.15) is 16.8 Å². The fourth-order valence-electron chi connectivity index (χ4n) is 2.56. The number of nitrogens with zero attached hydrogens (tertiary/aromatic N) is 2. The predicted octanol–water partition coefficient (Wildman–Crippen LogP) is 4.64. The Balaban J connectivity index is 2.12. The molecule has 3 rings (SSSR count). The fraction of sp³-hybridized carbons (Fsp3) is 0.100. The largest absolute Gasteiger partial charge is 0.398 e. The summed E-state index contributed by atoms with van der Waals surface area (Å²) in [6, 6.07) is 16.9. The quantitative estimate of drug-likeness (QED) is 0.410. The monoisotopic (exact) mass is 350 g/mol. The summed E-state index contributed by atoms with van der Waals surface area (Å²) in [7, 11) is 0. The van der Waals surface area contributed by atoms with Gasteiger partial charge in [-0.3, -0.25) is 4.98 Å². The van der Waals surface area contributed by atoms with Crippen LogP contribution < -0.4 is 11.5 Å². The van der Waals surface area contributed by atoms with Crippen molar-refractivity contribution >= 4 is 28.8 Å². The van der Waals surface area contributed by atoms with Gasteiger partial charge in [0.15, 0.2) is 0 Å². The van der Waals surface area contributed by atoms with Crippen LogP contribution in [0.5, 0.6) is 0 Å². The van der Waals surface area contributed by atoms with Crippen LogP contribution in [0, 0.1) is 13.8 Å². The van der Waals surface area contributed by atoms with Crippen LogP contribution in [0.15, 0.2) is 59.6 Å². The fourth-order valence-corrected chi connectivity index (χ4v) is 2.80. The van der Waals surface area contributed by atoms with Crippen molar-refractivity contribution in [2.24, 2.45) is 10.7 Å². The van der Waals surface area contributed by atoms with Crippen LogP contribution in [0.2, 0.25) is 5.02 Å². The van der Waals surface area contributed by atoms with Gasteiger partial charge in [0.25, 0.3) is 0 Å². The summed E-state index contributed by atoms with van der Waals surface area (Å²) in [6.45, 7) is 3.92. The molecule has 2 aromatic carbocycles. The molecule has 4 nitrogen and oxygen atoms in total. The molecule has 0 aliphatic rings. The standard InChI is InChI=1S/C20H19ClN4/c1-12-13(2)24-19(14-7-3-5-9-16(14)21)11-18(12)25-20(23)15-8-4-6-10-17(15)22/h3-11H,22H2,1-2H3,(H2,23,24,25). The first kappa shape index (κ1) is 17.0. The first-order valence-corrected chi connectivity index (χ1v) is 8.27. The Kier molecular flexibility index (Phi) is 4.72. The van der Waals surface area contributed by atoms with E-state index in [1.54, 1.807) is 6.07 Å². The maximum Gasteiger partial charge on any atom is 0.133 e. The van der Waals surface area contributed by atoms with E-state index in [0.717, 1.165) is 33.8 Å². The van der Waals surface area contributed by atoms with Crippen LogP contribution in [0.4, 0.5) is 11.4 Å². The van der Waals surface area contributed by atoms with Crippen LogP contribution in [0.25, 0.3) is 11.3 Å². The average Bonchev–Trinajstić information content (AvgIpc) is 2.59. The number of pyridine rings is 1. The molecule has 0 fully saturated rings. The van der Waals surface area contributed by atoms with Gasteiger partial charge in [-0.2, -0.15) is 0 Å². The maximum atomic E-state index is 6.31. The Morgan fingerprint density at radius 3 is 2.44 bits per heavy atom. The first-order valence-electron chi connectivity index (χ1n) is 7.89. The number of halogens is 1.